The highest BCUT2D eigenvalue weighted by molar-refractivity contribution is 5.93. The fourth-order valence-electron chi connectivity index (χ4n) is 3.82. The van der Waals surface area contributed by atoms with Crippen molar-refractivity contribution in [1.29, 1.82) is 0 Å². The maximum atomic E-state index is 12.7. The summed E-state index contributed by atoms with van der Waals surface area (Å²) < 4.78 is 1.79. The van der Waals surface area contributed by atoms with Gasteiger partial charge in [0.2, 0.25) is 5.91 Å². The van der Waals surface area contributed by atoms with Crippen LogP contribution in [-0.2, 0) is 24.7 Å². The van der Waals surface area contributed by atoms with Gasteiger partial charge in [0, 0.05) is 37.9 Å². The number of nitrogens with zero attached hydrogens (tertiary/aromatic N) is 2. The molecule has 1 amide bonds. The number of anilines is 1. The highest BCUT2D eigenvalue weighted by Gasteiger charge is 2.34. The average molecular weight is 347 g/mol. The Morgan fingerprint density at radius 2 is 2.12 bits per heavy atom. The zero-order valence-electron chi connectivity index (χ0n) is 13.8. The van der Waals surface area contributed by atoms with Crippen molar-refractivity contribution in [2.45, 2.75) is 25.2 Å². The Labute approximate surface area is 148 Å². The summed E-state index contributed by atoms with van der Waals surface area (Å²) in [6.07, 6.45) is 7.39. The van der Waals surface area contributed by atoms with E-state index in [-0.39, 0.29) is 30.2 Å². The van der Waals surface area contributed by atoms with Crippen LogP contribution in [0.4, 0.5) is 5.69 Å². The molecule has 128 valence electrons. The van der Waals surface area contributed by atoms with Crippen LogP contribution in [0.15, 0.2) is 30.6 Å². The van der Waals surface area contributed by atoms with Crippen LogP contribution in [0.1, 0.15) is 29.0 Å². The van der Waals surface area contributed by atoms with Gasteiger partial charge in [-0.05, 0) is 48.1 Å². The molecule has 1 fully saturated rings. The number of halogens is 1. The van der Waals surface area contributed by atoms with Crippen LogP contribution in [0.2, 0.25) is 0 Å². The van der Waals surface area contributed by atoms with Crippen molar-refractivity contribution in [3.8, 4) is 0 Å². The molecule has 5 nitrogen and oxygen atoms in total. The Kier molecular flexibility index (Phi) is 4.92. The van der Waals surface area contributed by atoms with Gasteiger partial charge in [-0.15, -0.1) is 12.4 Å². The molecule has 2 aromatic rings. The Balaban J connectivity index is 0.00000169. The van der Waals surface area contributed by atoms with Gasteiger partial charge in [0.05, 0.1) is 12.1 Å². The van der Waals surface area contributed by atoms with Crippen LogP contribution in [0.25, 0.3) is 0 Å². The first-order valence-corrected chi connectivity index (χ1v) is 8.32. The maximum absolute atomic E-state index is 12.7. The van der Waals surface area contributed by atoms with Gasteiger partial charge in [0.25, 0.3) is 0 Å². The van der Waals surface area contributed by atoms with E-state index >= 15 is 0 Å². The van der Waals surface area contributed by atoms with Gasteiger partial charge in [-0.1, -0.05) is 6.07 Å². The van der Waals surface area contributed by atoms with E-state index in [0.717, 1.165) is 30.8 Å². The van der Waals surface area contributed by atoms with Crippen molar-refractivity contribution in [2.24, 2.45) is 13.0 Å². The molecule has 0 unspecified atom stereocenters. The number of amides is 1. The summed E-state index contributed by atoms with van der Waals surface area (Å²) in [5, 5.41) is 10.7. The van der Waals surface area contributed by atoms with Gasteiger partial charge in [0.1, 0.15) is 0 Å². The third-order valence-corrected chi connectivity index (χ3v) is 5.07. The normalized spacial score (nSPS) is 22.0. The van der Waals surface area contributed by atoms with Gasteiger partial charge in [-0.3, -0.25) is 9.48 Å². The predicted molar refractivity (Wildman–Crippen MR) is 96.7 cm³/mol. The molecule has 1 aromatic carbocycles. The number of hydrogen-bond acceptors (Lipinski definition) is 3. The molecule has 1 aromatic heterocycles. The van der Waals surface area contributed by atoms with E-state index in [1.807, 2.05) is 25.5 Å². The number of aryl methyl sites for hydroxylation is 3. The van der Waals surface area contributed by atoms with E-state index in [4.69, 9.17) is 0 Å². The molecule has 0 bridgehead atoms. The van der Waals surface area contributed by atoms with E-state index in [2.05, 4.69) is 27.9 Å². The van der Waals surface area contributed by atoms with Crippen LogP contribution in [0.5, 0.6) is 0 Å². The summed E-state index contributed by atoms with van der Waals surface area (Å²) in [7, 11) is 1.91. The number of benzene rings is 1. The number of fused-ring (bicyclic) bond motifs is 1. The van der Waals surface area contributed by atoms with Crippen LogP contribution >= 0.6 is 12.4 Å². The lowest BCUT2D eigenvalue weighted by Gasteiger charge is -2.17. The Hall–Kier alpha value is -1.85. The maximum Gasteiger partial charge on any atom is 0.229 e. The van der Waals surface area contributed by atoms with Gasteiger partial charge >= 0.3 is 0 Å². The Morgan fingerprint density at radius 3 is 2.92 bits per heavy atom. The summed E-state index contributed by atoms with van der Waals surface area (Å²) in [5.74, 6) is 0.243. The van der Waals surface area contributed by atoms with Crippen LogP contribution in [-0.4, -0.2) is 28.8 Å². The lowest BCUT2D eigenvalue weighted by Crippen LogP contribution is -2.28. The minimum atomic E-state index is -0.0487. The summed E-state index contributed by atoms with van der Waals surface area (Å²) in [6.45, 7) is 1.55. The summed E-state index contributed by atoms with van der Waals surface area (Å²) in [5.41, 5.74) is 4.87. The van der Waals surface area contributed by atoms with Crippen molar-refractivity contribution in [1.82, 2.24) is 15.1 Å². The number of carbonyl (C=O) groups is 1. The molecule has 1 saturated heterocycles. The molecule has 6 heteroatoms. The second-order valence-electron chi connectivity index (χ2n) is 6.64. The molecule has 24 heavy (non-hydrogen) atoms. The number of aromatic nitrogens is 2. The molecular weight excluding hydrogens is 324 g/mol. The molecule has 0 radical (unpaired) electrons. The van der Waals surface area contributed by atoms with Crippen molar-refractivity contribution >= 4 is 24.0 Å². The SMILES string of the molecule is Cl.Cn1cc([C@H]2CNC[C@@H]2C(=O)Nc2ccc3c(c2)CCC3)cn1. The predicted octanol–water partition coefficient (Wildman–Crippen LogP) is 2.27. The summed E-state index contributed by atoms with van der Waals surface area (Å²) in [6, 6.07) is 6.33. The molecule has 0 spiro atoms. The Morgan fingerprint density at radius 1 is 1.29 bits per heavy atom. The zero-order valence-corrected chi connectivity index (χ0v) is 14.6. The van der Waals surface area contributed by atoms with E-state index in [0.29, 0.717) is 0 Å². The largest absolute Gasteiger partial charge is 0.326 e. The highest BCUT2D eigenvalue weighted by Crippen LogP contribution is 2.30. The molecule has 1 aliphatic carbocycles. The van der Waals surface area contributed by atoms with E-state index in [1.54, 1.807) is 4.68 Å². The smallest absolute Gasteiger partial charge is 0.229 e. The van der Waals surface area contributed by atoms with Crippen LogP contribution < -0.4 is 10.6 Å². The third-order valence-electron chi connectivity index (χ3n) is 5.07. The first kappa shape index (κ1) is 17.0. The molecule has 2 N–H and O–H groups in total. The number of carbonyl (C=O) groups excluding carboxylic acids is 1. The molecular formula is C18H23ClN4O. The first-order chi connectivity index (χ1) is 11.2. The van der Waals surface area contributed by atoms with Gasteiger partial charge in [0.15, 0.2) is 0 Å². The quantitative estimate of drug-likeness (QED) is 0.896. The highest BCUT2D eigenvalue weighted by atomic mass is 35.5. The number of hydrogen-bond donors (Lipinski definition) is 2. The molecule has 2 heterocycles. The lowest BCUT2D eigenvalue weighted by molar-refractivity contribution is -0.119. The fraction of sp³-hybridized carbons (Fsp3) is 0.444. The number of rotatable bonds is 3. The molecule has 4 rings (SSSR count). The summed E-state index contributed by atoms with van der Waals surface area (Å²) in [4.78, 5) is 12.7. The monoisotopic (exact) mass is 346 g/mol. The van der Waals surface area contributed by atoms with Gasteiger partial charge in [-0.25, -0.2) is 0 Å². The van der Waals surface area contributed by atoms with E-state index in [1.165, 1.54) is 24.0 Å². The number of nitrogens with one attached hydrogen (secondary N) is 2. The molecule has 2 atom stereocenters. The molecule has 2 aliphatic rings. The molecule has 1 aliphatic heterocycles. The molecule has 0 saturated carbocycles. The van der Waals surface area contributed by atoms with Crippen molar-refractivity contribution in [3.05, 3.63) is 47.3 Å². The van der Waals surface area contributed by atoms with Crippen LogP contribution in [0.3, 0.4) is 0 Å². The third kappa shape index (κ3) is 3.19. The van der Waals surface area contributed by atoms with Crippen LogP contribution in [0, 0.1) is 5.92 Å². The average Bonchev–Trinajstić information content (AvgIpc) is 3.26. The van der Waals surface area contributed by atoms with E-state index < -0.39 is 0 Å². The first-order valence-electron chi connectivity index (χ1n) is 8.32. The van der Waals surface area contributed by atoms with Crippen molar-refractivity contribution in [3.63, 3.8) is 0 Å². The van der Waals surface area contributed by atoms with Crippen molar-refractivity contribution < 1.29 is 4.79 Å². The minimum absolute atomic E-state index is 0. The zero-order chi connectivity index (χ0) is 15.8. The van der Waals surface area contributed by atoms with Gasteiger partial charge < -0.3 is 10.6 Å². The fourth-order valence-corrected chi connectivity index (χ4v) is 3.82. The second-order valence-corrected chi connectivity index (χ2v) is 6.64. The standard InChI is InChI=1S/C18H22N4O.ClH/c1-22-11-14(8-20-22)16-9-19-10-17(16)18(23)21-15-6-5-12-3-2-4-13(12)7-15;/h5-8,11,16-17,19H,2-4,9-10H2,1H3,(H,21,23);1H/t16-,17+;/m1./s1. The Bertz CT molecular complexity index is 742. The lowest BCUT2D eigenvalue weighted by atomic mass is 9.90. The minimum Gasteiger partial charge on any atom is -0.326 e. The van der Waals surface area contributed by atoms with Crippen molar-refractivity contribution in [2.75, 3.05) is 18.4 Å². The topological polar surface area (TPSA) is 59.0 Å². The van der Waals surface area contributed by atoms with E-state index in [9.17, 15) is 4.79 Å². The van der Waals surface area contributed by atoms with Gasteiger partial charge in [-0.2, -0.15) is 5.10 Å². The summed E-state index contributed by atoms with van der Waals surface area (Å²) >= 11 is 0. The second kappa shape index (κ2) is 6.95.